The number of nitrogens with zero attached hydrogens (tertiary/aromatic N) is 1. The molecular formula is C15H9FN2O3. The maximum atomic E-state index is 13.2. The van der Waals surface area contributed by atoms with Gasteiger partial charge in [-0.05, 0) is 24.3 Å². The van der Waals surface area contributed by atoms with Gasteiger partial charge in [0.15, 0.2) is 0 Å². The number of rotatable bonds is 2. The number of carboxylic acids is 1. The van der Waals surface area contributed by atoms with E-state index in [1.807, 2.05) is 0 Å². The Labute approximate surface area is 117 Å². The van der Waals surface area contributed by atoms with Gasteiger partial charge in [0.05, 0.1) is 11.3 Å². The summed E-state index contributed by atoms with van der Waals surface area (Å²) >= 11 is 0. The number of carboxylic acid groups (broad SMARTS) is 1. The lowest BCUT2D eigenvalue weighted by atomic mass is 10.1. The van der Waals surface area contributed by atoms with Gasteiger partial charge in [-0.3, -0.25) is 4.79 Å². The zero-order valence-corrected chi connectivity index (χ0v) is 10.6. The number of carbonyl (C=O) groups is 1. The monoisotopic (exact) mass is 284 g/mol. The lowest BCUT2D eigenvalue weighted by Crippen LogP contribution is -2.11. The number of hydrogen-bond donors (Lipinski definition) is 2. The van der Waals surface area contributed by atoms with Crippen LogP contribution in [0.2, 0.25) is 0 Å². The number of aromatic amines is 1. The Kier molecular flexibility index (Phi) is 2.98. The van der Waals surface area contributed by atoms with Crippen LogP contribution in [0.15, 0.2) is 47.4 Å². The van der Waals surface area contributed by atoms with Crippen molar-refractivity contribution in [1.82, 2.24) is 9.97 Å². The fourth-order valence-corrected chi connectivity index (χ4v) is 2.12. The normalized spacial score (nSPS) is 10.7. The molecule has 0 aliphatic carbocycles. The topological polar surface area (TPSA) is 83.0 Å². The van der Waals surface area contributed by atoms with Crippen LogP contribution < -0.4 is 5.56 Å². The molecule has 21 heavy (non-hydrogen) atoms. The van der Waals surface area contributed by atoms with Gasteiger partial charge in [0.2, 0.25) is 0 Å². The molecule has 0 aliphatic rings. The predicted octanol–water partition coefficient (Wildman–Crippen LogP) is 2.43. The minimum atomic E-state index is -1.16. The summed E-state index contributed by atoms with van der Waals surface area (Å²) in [6, 6.07) is 8.86. The Balaban J connectivity index is 2.28. The van der Waals surface area contributed by atoms with Crippen LogP contribution in [-0.2, 0) is 0 Å². The average Bonchev–Trinajstić information content (AvgIpc) is 2.47. The number of fused-ring (bicyclic) bond motifs is 1. The number of benzene rings is 1. The summed E-state index contributed by atoms with van der Waals surface area (Å²) in [6.07, 6.45) is 1.14. The molecule has 1 aromatic carbocycles. The van der Waals surface area contributed by atoms with E-state index in [2.05, 4.69) is 9.97 Å². The highest BCUT2D eigenvalue weighted by atomic mass is 19.1. The first-order valence-corrected chi connectivity index (χ1v) is 6.08. The van der Waals surface area contributed by atoms with Gasteiger partial charge >= 0.3 is 5.97 Å². The van der Waals surface area contributed by atoms with Gasteiger partial charge < -0.3 is 10.1 Å². The summed E-state index contributed by atoms with van der Waals surface area (Å²) in [6.45, 7) is 0. The number of H-pyrrole nitrogens is 1. The first kappa shape index (κ1) is 13.0. The first-order chi connectivity index (χ1) is 10.1. The molecule has 0 aliphatic heterocycles. The Morgan fingerprint density at radius 3 is 2.76 bits per heavy atom. The zero-order chi connectivity index (χ0) is 15.0. The summed E-state index contributed by atoms with van der Waals surface area (Å²) in [7, 11) is 0. The molecule has 6 heteroatoms. The van der Waals surface area contributed by atoms with Crippen LogP contribution in [0.3, 0.4) is 0 Å². The molecule has 2 heterocycles. The second-order valence-corrected chi connectivity index (χ2v) is 4.44. The maximum Gasteiger partial charge on any atom is 0.337 e. The Bertz CT molecular complexity index is 918. The van der Waals surface area contributed by atoms with Crippen molar-refractivity contribution in [1.29, 1.82) is 0 Å². The van der Waals surface area contributed by atoms with E-state index in [4.69, 9.17) is 5.11 Å². The quantitative estimate of drug-likeness (QED) is 0.757. The van der Waals surface area contributed by atoms with E-state index in [0.717, 1.165) is 6.20 Å². The smallest absolute Gasteiger partial charge is 0.337 e. The van der Waals surface area contributed by atoms with Crippen molar-refractivity contribution in [2.24, 2.45) is 0 Å². The van der Waals surface area contributed by atoms with Gasteiger partial charge in [0, 0.05) is 17.1 Å². The molecule has 0 radical (unpaired) electrons. The summed E-state index contributed by atoms with van der Waals surface area (Å²) in [5.41, 5.74) is 0.389. The SMILES string of the molecule is O=C(O)c1c[nH]c(=O)c2nc(-c3cccc(F)c3)ccc12. The molecule has 2 aromatic heterocycles. The lowest BCUT2D eigenvalue weighted by molar-refractivity contribution is 0.0698. The highest BCUT2D eigenvalue weighted by molar-refractivity contribution is 6.02. The van der Waals surface area contributed by atoms with Crippen LogP contribution in [0.5, 0.6) is 0 Å². The summed E-state index contributed by atoms with van der Waals surface area (Å²) < 4.78 is 13.2. The molecule has 0 atom stereocenters. The molecule has 2 N–H and O–H groups in total. The van der Waals surface area contributed by atoms with Gasteiger partial charge in [-0.15, -0.1) is 0 Å². The molecule has 5 nitrogen and oxygen atoms in total. The molecule has 0 spiro atoms. The van der Waals surface area contributed by atoms with Crippen molar-refractivity contribution < 1.29 is 14.3 Å². The van der Waals surface area contributed by atoms with Gasteiger partial charge in [-0.1, -0.05) is 12.1 Å². The number of aromatic nitrogens is 2. The van der Waals surface area contributed by atoms with Crippen molar-refractivity contribution >= 4 is 16.9 Å². The molecule has 104 valence electrons. The molecule has 3 rings (SSSR count). The Morgan fingerprint density at radius 1 is 1.24 bits per heavy atom. The maximum absolute atomic E-state index is 13.2. The number of pyridine rings is 2. The molecule has 0 amide bonds. The van der Waals surface area contributed by atoms with Crippen LogP contribution in [-0.4, -0.2) is 21.0 Å². The molecule has 0 bridgehead atoms. The van der Waals surface area contributed by atoms with Gasteiger partial charge in [-0.2, -0.15) is 0 Å². The Hall–Kier alpha value is -3.02. The fraction of sp³-hybridized carbons (Fsp3) is 0. The summed E-state index contributed by atoms with van der Waals surface area (Å²) in [5, 5.41) is 9.34. The minimum absolute atomic E-state index is 0.0108. The van der Waals surface area contributed by atoms with Crippen molar-refractivity contribution in [2.75, 3.05) is 0 Å². The van der Waals surface area contributed by atoms with Crippen molar-refractivity contribution in [3.8, 4) is 11.3 Å². The van der Waals surface area contributed by atoms with E-state index < -0.39 is 17.3 Å². The molecule has 0 saturated carbocycles. The molecule has 0 saturated heterocycles. The van der Waals surface area contributed by atoms with E-state index in [1.165, 1.54) is 24.3 Å². The van der Waals surface area contributed by atoms with E-state index in [9.17, 15) is 14.0 Å². The first-order valence-electron chi connectivity index (χ1n) is 6.08. The third-order valence-electron chi connectivity index (χ3n) is 3.10. The van der Waals surface area contributed by atoms with Gasteiger partial charge in [0.1, 0.15) is 11.3 Å². The molecular weight excluding hydrogens is 275 g/mol. The van der Waals surface area contributed by atoms with E-state index in [0.29, 0.717) is 11.3 Å². The van der Waals surface area contributed by atoms with Crippen molar-refractivity contribution in [3.63, 3.8) is 0 Å². The van der Waals surface area contributed by atoms with Crippen LogP contribution in [0.1, 0.15) is 10.4 Å². The standard InChI is InChI=1S/C15H9FN2O3/c16-9-3-1-2-8(6-9)12-5-4-10-11(15(20)21)7-17-14(19)13(10)18-12/h1-7H,(H,17,19)(H,20,21). The molecule has 0 fully saturated rings. The summed E-state index contributed by atoms with van der Waals surface area (Å²) in [4.78, 5) is 29.4. The van der Waals surface area contributed by atoms with E-state index in [1.54, 1.807) is 12.1 Å². The van der Waals surface area contributed by atoms with Crippen LogP contribution in [0.4, 0.5) is 4.39 Å². The van der Waals surface area contributed by atoms with Crippen LogP contribution in [0, 0.1) is 5.82 Å². The average molecular weight is 284 g/mol. The number of halogens is 1. The largest absolute Gasteiger partial charge is 0.478 e. The summed E-state index contributed by atoms with van der Waals surface area (Å²) in [5.74, 6) is -1.57. The lowest BCUT2D eigenvalue weighted by Gasteiger charge is -2.05. The zero-order valence-electron chi connectivity index (χ0n) is 10.6. The number of aromatic carboxylic acids is 1. The predicted molar refractivity (Wildman–Crippen MR) is 74.7 cm³/mol. The number of hydrogen-bond acceptors (Lipinski definition) is 3. The second kappa shape index (κ2) is 4.82. The highest BCUT2D eigenvalue weighted by Crippen LogP contribution is 2.21. The second-order valence-electron chi connectivity index (χ2n) is 4.44. The van der Waals surface area contributed by atoms with E-state index in [-0.39, 0.29) is 16.5 Å². The minimum Gasteiger partial charge on any atom is -0.478 e. The third kappa shape index (κ3) is 2.27. The fourth-order valence-electron chi connectivity index (χ4n) is 2.12. The van der Waals surface area contributed by atoms with Gasteiger partial charge in [0.25, 0.3) is 5.56 Å². The van der Waals surface area contributed by atoms with Crippen molar-refractivity contribution in [3.05, 3.63) is 64.3 Å². The Morgan fingerprint density at radius 2 is 2.05 bits per heavy atom. The third-order valence-corrected chi connectivity index (χ3v) is 3.10. The number of nitrogens with one attached hydrogen (secondary N) is 1. The molecule has 3 aromatic rings. The highest BCUT2D eigenvalue weighted by Gasteiger charge is 2.13. The van der Waals surface area contributed by atoms with Crippen LogP contribution in [0.25, 0.3) is 22.2 Å². The van der Waals surface area contributed by atoms with Gasteiger partial charge in [-0.25, -0.2) is 14.2 Å². The van der Waals surface area contributed by atoms with Crippen LogP contribution >= 0.6 is 0 Å². The van der Waals surface area contributed by atoms with Crippen molar-refractivity contribution in [2.45, 2.75) is 0 Å². The molecule has 0 unspecified atom stereocenters. The van der Waals surface area contributed by atoms with E-state index >= 15 is 0 Å².